The molecule has 0 amide bonds. The van der Waals surface area contributed by atoms with Gasteiger partial charge in [-0.1, -0.05) is 66.0 Å². The zero-order valence-corrected chi connectivity index (χ0v) is 9.15. The van der Waals surface area contributed by atoms with E-state index >= 15 is 0 Å². The van der Waals surface area contributed by atoms with E-state index in [0.29, 0.717) is 0 Å². The van der Waals surface area contributed by atoms with Gasteiger partial charge in [-0.2, -0.15) is 0 Å². The highest BCUT2D eigenvalue weighted by Crippen LogP contribution is 2.15. The third-order valence-electron chi connectivity index (χ3n) is 1.46. The molecule has 0 spiro atoms. The second-order valence-corrected chi connectivity index (χ2v) is 3.20. The van der Waals surface area contributed by atoms with Gasteiger partial charge in [0, 0.05) is 0 Å². The lowest BCUT2D eigenvalue weighted by atomic mass is 9.56. The van der Waals surface area contributed by atoms with Gasteiger partial charge in [0.15, 0.2) is 0 Å². The number of hydrogen-bond donors (Lipinski definition) is 0. The first-order valence-corrected chi connectivity index (χ1v) is 5.01. The van der Waals surface area contributed by atoms with Crippen molar-refractivity contribution in [2.75, 3.05) is 0 Å². The minimum atomic E-state index is 0.756. The summed E-state index contributed by atoms with van der Waals surface area (Å²) in [5.74, 6) is 1.57. The van der Waals surface area contributed by atoms with Crippen LogP contribution in [0.25, 0.3) is 0 Å². The quantitative estimate of drug-likeness (QED) is 0.535. The molecule has 0 fully saturated rings. The average molecular weight is 155 g/mol. The van der Waals surface area contributed by atoms with E-state index in [2.05, 4.69) is 35.0 Å². The van der Waals surface area contributed by atoms with Crippen LogP contribution in [0, 0.1) is 0 Å². The summed E-state index contributed by atoms with van der Waals surface area (Å²) in [6, 6.07) is 0. The molecule has 1 radical (unpaired) electrons. The maximum Gasteiger partial charge on any atom is 0.116 e. The van der Waals surface area contributed by atoms with Gasteiger partial charge in [0.2, 0.25) is 0 Å². The van der Waals surface area contributed by atoms with Crippen LogP contribution in [0.15, 0.2) is 0 Å². The van der Waals surface area contributed by atoms with Gasteiger partial charge >= 0.3 is 0 Å². The molecule has 0 nitrogen and oxygen atoms in total. The third kappa shape index (κ3) is 13.1. The van der Waals surface area contributed by atoms with Gasteiger partial charge in [0.1, 0.15) is 7.28 Å². The van der Waals surface area contributed by atoms with E-state index in [-0.39, 0.29) is 0 Å². The van der Waals surface area contributed by atoms with Crippen LogP contribution in [0.2, 0.25) is 11.6 Å². The highest BCUT2D eigenvalue weighted by molar-refractivity contribution is 6.39. The van der Waals surface area contributed by atoms with Gasteiger partial charge in [-0.05, 0) is 0 Å². The smallest absolute Gasteiger partial charge is 0.0742 e. The molecule has 0 N–H and O–H groups in total. The molecule has 11 heavy (non-hydrogen) atoms. The zero-order chi connectivity index (χ0) is 9.28. The van der Waals surface area contributed by atoms with Crippen LogP contribution >= 0.6 is 0 Å². The van der Waals surface area contributed by atoms with Crippen LogP contribution in [0.1, 0.15) is 54.4 Å². The molecular formula is C10H24B. The first kappa shape index (κ1) is 13.6. The first-order valence-electron chi connectivity index (χ1n) is 5.01. The molecule has 1 heteroatoms. The molecular weight excluding hydrogens is 131 g/mol. The van der Waals surface area contributed by atoms with E-state index < -0.39 is 0 Å². The predicted octanol–water partition coefficient (Wildman–Crippen LogP) is 4.15. The van der Waals surface area contributed by atoms with Crippen LogP contribution < -0.4 is 0 Å². The lowest BCUT2D eigenvalue weighted by Crippen LogP contribution is -2.02. The van der Waals surface area contributed by atoms with E-state index in [9.17, 15) is 0 Å². The minimum absolute atomic E-state index is 0.756. The monoisotopic (exact) mass is 155 g/mol. The van der Waals surface area contributed by atoms with Crippen molar-refractivity contribution in [3.63, 3.8) is 0 Å². The van der Waals surface area contributed by atoms with Crippen LogP contribution in [0.3, 0.4) is 0 Å². The molecule has 0 aliphatic heterocycles. The van der Waals surface area contributed by atoms with Crippen LogP contribution in [0.5, 0.6) is 0 Å². The Morgan fingerprint density at radius 2 is 1.55 bits per heavy atom. The maximum atomic E-state index is 2.42. The van der Waals surface area contributed by atoms with Gasteiger partial charge in [0.25, 0.3) is 0 Å². The Bertz CT molecular complexity index is 59.9. The van der Waals surface area contributed by atoms with Crippen LogP contribution in [-0.4, -0.2) is 7.28 Å². The molecule has 0 aliphatic carbocycles. The molecule has 0 rings (SSSR count). The summed E-state index contributed by atoms with van der Waals surface area (Å²) in [5, 5.41) is 0. The fourth-order valence-electron chi connectivity index (χ4n) is 1.21. The van der Waals surface area contributed by atoms with E-state index in [0.717, 1.165) is 11.6 Å². The van der Waals surface area contributed by atoms with Crippen molar-refractivity contribution in [2.45, 2.75) is 66.0 Å². The average Bonchev–Trinajstić information content (AvgIpc) is 1.91. The molecule has 0 aromatic heterocycles. The standard InChI is InChI=1S/C8H18B.C2H6/c1-5-6-8(4)9-7(2)3;1-2/h7-8H,5-6H2,1-4H3;1-2H3. The second-order valence-electron chi connectivity index (χ2n) is 3.20. The molecule has 0 heterocycles. The summed E-state index contributed by atoms with van der Waals surface area (Å²) in [7, 11) is 2.42. The van der Waals surface area contributed by atoms with E-state index in [1.807, 2.05) is 13.8 Å². The molecule has 0 aliphatic rings. The first-order chi connectivity index (χ1) is 5.16. The van der Waals surface area contributed by atoms with Gasteiger partial charge in [-0.3, -0.25) is 0 Å². The van der Waals surface area contributed by atoms with Crippen molar-refractivity contribution >= 4 is 7.28 Å². The van der Waals surface area contributed by atoms with E-state index in [1.165, 1.54) is 12.8 Å². The Morgan fingerprint density at radius 1 is 1.09 bits per heavy atom. The van der Waals surface area contributed by atoms with Gasteiger partial charge in [-0.15, -0.1) is 0 Å². The molecule has 0 aromatic carbocycles. The molecule has 67 valence electrons. The minimum Gasteiger partial charge on any atom is -0.0742 e. The summed E-state index contributed by atoms with van der Waals surface area (Å²) in [6.45, 7) is 13.0. The van der Waals surface area contributed by atoms with E-state index in [4.69, 9.17) is 0 Å². The zero-order valence-electron chi connectivity index (χ0n) is 9.15. The predicted molar refractivity (Wildman–Crippen MR) is 56.5 cm³/mol. The van der Waals surface area contributed by atoms with Gasteiger partial charge in [-0.25, -0.2) is 0 Å². The summed E-state index contributed by atoms with van der Waals surface area (Å²) >= 11 is 0. The molecule has 1 atom stereocenters. The Hall–Kier alpha value is 0.0649. The molecule has 0 saturated carbocycles. The van der Waals surface area contributed by atoms with E-state index in [1.54, 1.807) is 0 Å². The van der Waals surface area contributed by atoms with Crippen LogP contribution in [-0.2, 0) is 0 Å². The Balaban J connectivity index is 0. The second kappa shape index (κ2) is 10.1. The molecule has 0 aromatic rings. The van der Waals surface area contributed by atoms with Crippen molar-refractivity contribution in [1.29, 1.82) is 0 Å². The Labute approximate surface area is 74.0 Å². The van der Waals surface area contributed by atoms with Crippen LogP contribution in [0.4, 0.5) is 0 Å². The number of hydrogen-bond acceptors (Lipinski definition) is 0. The topological polar surface area (TPSA) is 0 Å². The van der Waals surface area contributed by atoms with Crippen molar-refractivity contribution in [3.05, 3.63) is 0 Å². The largest absolute Gasteiger partial charge is 0.116 e. The lowest BCUT2D eigenvalue weighted by Gasteiger charge is -2.09. The maximum absolute atomic E-state index is 2.42. The van der Waals surface area contributed by atoms with Crippen molar-refractivity contribution in [2.24, 2.45) is 0 Å². The third-order valence-corrected chi connectivity index (χ3v) is 1.46. The molecule has 0 bridgehead atoms. The van der Waals surface area contributed by atoms with Gasteiger partial charge < -0.3 is 0 Å². The fourth-order valence-corrected chi connectivity index (χ4v) is 1.21. The molecule has 0 saturated heterocycles. The lowest BCUT2D eigenvalue weighted by molar-refractivity contribution is 0.752. The highest BCUT2D eigenvalue weighted by atomic mass is 13.9. The normalized spacial score (nSPS) is 11.9. The summed E-state index contributed by atoms with van der Waals surface area (Å²) < 4.78 is 0. The SMILES string of the molecule is CC.CCCC(C)[B]C(C)C. The fraction of sp³-hybridized carbons (Fsp3) is 1.00. The molecule has 1 unspecified atom stereocenters. The van der Waals surface area contributed by atoms with Crippen molar-refractivity contribution in [3.8, 4) is 0 Å². The Morgan fingerprint density at radius 3 is 1.82 bits per heavy atom. The summed E-state index contributed by atoms with van der Waals surface area (Å²) in [6.07, 6.45) is 2.66. The highest BCUT2D eigenvalue weighted by Gasteiger charge is 2.04. The summed E-state index contributed by atoms with van der Waals surface area (Å²) in [5.41, 5.74) is 0. The van der Waals surface area contributed by atoms with Crippen molar-refractivity contribution in [1.82, 2.24) is 0 Å². The summed E-state index contributed by atoms with van der Waals surface area (Å²) in [4.78, 5) is 0. The van der Waals surface area contributed by atoms with Crippen molar-refractivity contribution < 1.29 is 0 Å². The number of rotatable bonds is 4. The Kier molecular flexibility index (Phi) is 12.5. The van der Waals surface area contributed by atoms with Gasteiger partial charge in [0.05, 0.1) is 0 Å².